The minimum Gasteiger partial charge on any atom is -0.493 e. The van der Waals surface area contributed by atoms with Gasteiger partial charge in [-0.25, -0.2) is 4.79 Å². The number of hydrogen-bond acceptors (Lipinski definition) is 6. The number of benzene rings is 1. The van der Waals surface area contributed by atoms with E-state index >= 15 is 0 Å². The van der Waals surface area contributed by atoms with Crippen LogP contribution in [-0.4, -0.2) is 42.9 Å². The molecular formula is C14H18O5S. The average Bonchev–Trinajstić information content (AvgIpc) is 2.99. The fourth-order valence-corrected chi connectivity index (χ4v) is 3.14. The molecule has 2 atom stereocenters. The molecule has 2 unspecified atom stereocenters. The molecule has 20 heavy (non-hydrogen) atoms. The van der Waals surface area contributed by atoms with Gasteiger partial charge in [-0.1, -0.05) is 12.1 Å². The number of aliphatic hydroxyl groups is 1. The molecule has 2 rings (SSSR count). The number of thioether (sulfide) groups is 1. The van der Waals surface area contributed by atoms with Crippen LogP contribution in [0, 0.1) is 0 Å². The van der Waals surface area contributed by atoms with Gasteiger partial charge in [0.15, 0.2) is 17.6 Å². The minimum atomic E-state index is -1.38. The quantitative estimate of drug-likeness (QED) is 0.836. The minimum absolute atomic E-state index is 0.0693. The fourth-order valence-electron chi connectivity index (χ4n) is 2.05. The Morgan fingerprint density at radius 1 is 1.45 bits per heavy atom. The van der Waals surface area contributed by atoms with Crippen LogP contribution in [0.25, 0.3) is 0 Å². The summed E-state index contributed by atoms with van der Waals surface area (Å²) in [6, 6.07) is 5.09. The first-order valence-electron chi connectivity index (χ1n) is 6.34. The Balaban J connectivity index is 2.31. The van der Waals surface area contributed by atoms with Gasteiger partial charge in [0, 0.05) is 11.3 Å². The molecule has 1 heterocycles. The van der Waals surface area contributed by atoms with E-state index in [0.29, 0.717) is 17.1 Å². The molecule has 0 aromatic heterocycles. The Bertz CT molecular complexity index is 471. The molecule has 1 aromatic rings. The van der Waals surface area contributed by atoms with Crippen molar-refractivity contribution < 1.29 is 24.1 Å². The molecule has 5 nitrogen and oxygen atoms in total. The van der Waals surface area contributed by atoms with E-state index in [2.05, 4.69) is 4.74 Å². The number of carbonyl (C=O) groups excluding carboxylic acids is 1. The number of esters is 1. The number of rotatable bonds is 5. The zero-order chi connectivity index (χ0) is 14.5. The molecular weight excluding hydrogens is 280 g/mol. The third-order valence-electron chi connectivity index (χ3n) is 3.12. The van der Waals surface area contributed by atoms with E-state index in [1.54, 1.807) is 18.2 Å². The summed E-state index contributed by atoms with van der Waals surface area (Å²) in [6.07, 6.45) is -0.365. The lowest BCUT2D eigenvalue weighted by atomic mass is 10.1. The van der Waals surface area contributed by atoms with Gasteiger partial charge in [0.25, 0.3) is 0 Å². The van der Waals surface area contributed by atoms with Gasteiger partial charge in [-0.3, -0.25) is 0 Å². The van der Waals surface area contributed by atoms with Crippen molar-refractivity contribution in [1.82, 2.24) is 0 Å². The maximum absolute atomic E-state index is 11.5. The number of para-hydroxylation sites is 1. The largest absolute Gasteiger partial charge is 0.493 e. The van der Waals surface area contributed by atoms with Crippen LogP contribution < -0.4 is 9.47 Å². The van der Waals surface area contributed by atoms with Crippen LogP contribution in [0.3, 0.4) is 0 Å². The smallest absolute Gasteiger partial charge is 0.339 e. The SMILES string of the molecule is COC(=O)C(O)c1cccc(OC)c1OC1CCSC1. The predicted molar refractivity (Wildman–Crippen MR) is 76.3 cm³/mol. The molecule has 0 radical (unpaired) electrons. The molecule has 0 aliphatic carbocycles. The average molecular weight is 298 g/mol. The van der Waals surface area contributed by atoms with E-state index in [0.717, 1.165) is 17.9 Å². The number of hydrogen-bond donors (Lipinski definition) is 1. The Morgan fingerprint density at radius 2 is 2.25 bits per heavy atom. The number of ether oxygens (including phenoxy) is 3. The van der Waals surface area contributed by atoms with Crippen molar-refractivity contribution in [2.75, 3.05) is 25.7 Å². The van der Waals surface area contributed by atoms with Crippen molar-refractivity contribution >= 4 is 17.7 Å². The van der Waals surface area contributed by atoms with E-state index in [-0.39, 0.29) is 6.10 Å². The molecule has 1 fully saturated rings. The topological polar surface area (TPSA) is 65.0 Å². The van der Waals surface area contributed by atoms with E-state index < -0.39 is 12.1 Å². The predicted octanol–water partition coefficient (Wildman–Crippen LogP) is 1.79. The van der Waals surface area contributed by atoms with Crippen molar-refractivity contribution in [2.24, 2.45) is 0 Å². The van der Waals surface area contributed by atoms with Crippen LogP contribution in [0.5, 0.6) is 11.5 Å². The Morgan fingerprint density at radius 3 is 2.85 bits per heavy atom. The third-order valence-corrected chi connectivity index (χ3v) is 4.25. The zero-order valence-electron chi connectivity index (χ0n) is 11.5. The van der Waals surface area contributed by atoms with Crippen molar-refractivity contribution in [2.45, 2.75) is 18.6 Å². The summed E-state index contributed by atoms with van der Waals surface area (Å²) in [5, 5.41) is 10.0. The maximum atomic E-state index is 11.5. The van der Waals surface area contributed by atoms with E-state index in [9.17, 15) is 9.90 Å². The summed E-state index contributed by atoms with van der Waals surface area (Å²) in [6.45, 7) is 0. The number of methoxy groups -OCH3 is 2. The molecule has 0 spiro atoms. The maximum Gasteiger partial charge on any atom is 0.339 e. The fraction of sp³-hybridized carbons (Fsp3) is 0.500. The lowest BCUT2D eigenvalue weighted by Gasteiger charge is -2.20. The van der Waals surface area contributed by atoms with Gasteiger partial charge in [-0.15, -0.1) is 0 Å². The van der Waals surface area contributed by atoms with Crippen molar-refractivity contribution in [3.05, 3.63) is 23.8 Å². The molecule has 0 saturated carbocycles. The zero-order valence-corrected chi connectivity index (χ0v) is 12.3. The lowest BCUT2D eigenvalue weighted by molar-refractivity contribution is -0.150. The Hall–Kier alpha value is -1.40. The second-order valence-electron chi connectivity index (χ2n) is 4.41. The number of aliphatic hydroxyl groups excluding tert-OH is 1. The molecule has 110 valence electrons. The van der Waals surface area contributed by atoms with Gasteiger partial charge in [0.05, 0.1) is 14.2 Å². The summed E-state index contributed by atoms with van der Waals surface area (Å²) in [5.41, 5.74) is 0.369. The molecule has 1 aliphatic heterocycles. The van der Waals surface area contributed by atoms with Gasteiger partial charge < -0.3 is 19.3 Å². The van der Waals surface area contributed by atoms with Crippen molar-refractivity contribution in [3.63, 3.8) is 0 Å². The van der Waals surface area contributed by atoms with Crippen LogP contribution in [0.4, 0.5) is 0 Å². The molecule has 1 N–H and O–H groups in total. The molecule has 1 saturated heterocycles. The van der Waals surface area contributed by atoms with Crippen LogP contribution in [0.15, 0.2) is 18.2 Å². The second-order valence-corrected chi connectivity index (χ2v) is 5.56. The third kappa shape index (κ3) is 3.19. The van der Waals surface area contributed by atoms with E-state index in [1.807, 2.05) is 11.8 Å². The molecule has 0 amide bonds. The van der Waals surface area contributed by atoms with Crippen LogP contribution in [0.1, 0.15) is 18.1 Å². The first kappa shape index (κ1) is 15.0. The summed E-state index contributed by atoms with van der Waals surface area (Å²) in [7, 11) is 2.76. The first-order valence-corrected chi connectivity index (χ1v) is 7.50. The van der Waals surface area contributed by atoms with Crippen LogP contribution >= 0.6 is 11.8 Å². The second kappa shape index (κ2) is 6.85. The highest BCUT2D eigenvalue weighted by Gasteiger charge is 2.27. The highest BCUT2D eigenvalue weighted by Crippen LogP contribution is 2.37. The highest BCUT2D eigenvalue weighted by atomic mass is 32.2. The lowest BCUT2D eigenvalue weighted by Crippen LogP contribution is -2.19. The summed E-state index contributed by atoms with van der Waals surface area (Å²) >= 11 is 1.82. The summed E-state index contributed by atoms with van der Waals surface area (Å²) in [5.74, 6) is 2.15. The van der Waals surface area contributed by atoms with Gasteiger partial charge >= 0.3 is 5.97 Å². The van der Waals surface area contributed by atoms with Crippen molar-refractivity contribution in [1.29, 1.82) is 0 Å². The van der Waals surface area contributed by atoms with Gasteiger partial charge in [-0.05, 0) is 18.2 Å². The molecule has 6 heteroatoms. The van der Waals surface area contributed by atoms with Crippen LogP contribution in [0.2, 0.25) is 0 Å². The highest BCUT2D eigenvalue weighted by molar-refractivity contribution is 7.99. The Labute approximate surface area is 122 Å². The normalized spacial score (nSPS) is 19.4. The van der Waals surface area contributed by atoms with Crippen LogP contribution in [-0.2, 0) is 9.53 Å². The standard InChI is InChI=1S/C14H18O5S/c1-17-11-5-3-4-10(12(15)14(16)18-2)13(11)19-9-6-7-20-8-9/h3-5,9,12,15H,6-8H2,1-2H3. The van der Waals surface area contributed by atoms with E-state index in [1.165, 1.54) is 14.2 Å². The van der Waals surface area contributed by atoms with Gasteiger partial charge in [-0.2, -0.15) is 11.8 Å². The van der Waals surface area contributed by atoms with Crippen molar-refractivity contribution in [3.8, 4) is 11.5 Å². The number of carbonyl (C=O) groups is 1. The molecule has 1 aliphatic rings. The first-order chi connectivity index (χ1) is 9.67. The van der Waals surface area contributed by atoms with E-state index in [4.69, 9.17) is 9.47 Å². The van der Waals surface area contributed by atoms with Gasteiger partial charge in [0.2, 0.25) is 0 Å². The van der Waals surface area contributed by atoms with Gasteiger partial charge in [0.1, 0.15) is 6.10 Å². The summed E-state index contributed by atoms with van der Waals surface area (Å²) < 4.78 is 15.8. The molecule has 0 bridgehead atoms. The monoisotopic (exact) mass is 298 g/mol. The summed E-state index contributed by atoms with van der Waals surface area (Å²) in [4.78, 5) is 11.5. The Kier molecular flexibility index (Phi) is 5.14. The molecule has 1 aromatic carbocycles.